The van der Waals surface area contributed by atoms with Crippen molar-refractivity contribution in [1.29, 1.82) is 0 Å². The molecule has 2 nitrogen and oxygen atoms in total. The summed E-state index contributed by atoms with van der Waals surface area (Å²) in [5.41, 5.74) is 0.467. The summed E-state index contributed by atoms with van der Waals surface area (Å²) >= 11 is 1.22. The largest absolute Gasteiger partial charge is 0.312 e. The van der Waals surface area contributed by atoms with Gasteiger partial charge in [-0.15, -0.1) is 11.3 Å². The molecule has 0 aliphatic carbocycles. The van der Waals surface area contributed by atoms with E-state index < -0.39 is 17.5 Å². The van der Waals surface area contributed by atoms with Crippen molar-refractivity contribution in [3.8, 4) is 10.6 Å². The average Bonchev–Trinajstić information content (AvgIpc) is 2.68. The highest BCUT2D eigenvalue weighted by molar-refractivity contribution is 7.15. The lowest BCUT2D eigenvalue weighted by Gasteiger charge is -2.05. The molecule has 1 N–H and O–H groups in total. The molecule has 2 aromatic rings. The van der Waals surface area contributed by atoms with E-state index >= 15 is 0 Å². The lowest BCUT2D eigenvalue weighted by Crippen LogP contribution is -2.18. The highest BCUT2D eigenvalue weighted by atomic mass is 32.1. The topological polar surface area (TPSA) is 24.9 Å². The quantitative estimate of drug-likeness (QED) is 0.891. The van der Waals surface area contributed by atoms with Crippen LogP contribution in [-0.4, -0.2) is 11.5 Å². The predicted octanol–water partition coefficient (Wildman–Crippen LogP) is 4.28. The monoisotopic (exact) mass is 314 g/mol. The highest BCUT2D eigenvalue weighted by Crippen LogP contribution is 2.32. The van der Waals surface area contributed by atoms with Gasteiger partial charge in [0.05, 0.1) is 11.3 Å². The molecule has 0 radical (unpaired) electrons. The van der Waals surface area contributed by atoms with Crippen LogP contribution in [0.25, 0.3) is 10.6 Å². The Morgan fingerprint density at radius 1 is 1.19 bits per heavy atom. The van der Waals surface area contributed by atoms with Gasteiger partial charge in [0.2, 0.25) is 0 Å². The fourth-order valence-electron chi connectivity index (χ4n) is 1.92. The number of aromatic nitrogens is 1. The van der Waals surface area contributed by atoms with E-state index in [1.807, 2.05) is 0 Å². The van der Waals surface area contributed by atoms with Crippen molar-refractivity contribution in [1.82, 2.24) is 10.3 Å². The molecule has 0 atom stereocenters. The number of halogens is 3. The Morgan fingerprint density at radius 2 is 1.81 bits per heavy atom. The molecule has 0 amide bonds. The Kier molecular flexibility index (Phi) is 5.00. The number of benzene rings is 1. The summed E-state index contributed by atoms with van der Waals surface area (Å²) in [6, 6.07) is 1.34. The minimum absolute atomic E-state index is 0.240. The summed E-state index contributed by atoms with van der Waals surface area (Å²) in [5.74, 6) is -2.27. The second kappa shape index (κ2) is 6.58. The zero-order valence-corrected chi connectivity index (χ0v) is 13.0. The van der Waals surface area contributed by atoms with E-state index in [9.17, 15) is 13.2 Å². The normalized spacial score (nSPS) is 11.4. The molecular formula is C15H17F3N2S. The van der Waals surface area contributed by atoms with Gasteiger partial charge in [-0.05, 0) is 19.4 Å². The number of aryl methyl sites for hydroxylation is 1. The van der Waals surface area contributed by atoms with Gasteiger partial charge in [0.15, 0.2) is 0 Å². The molecule has 1 aromatic heterocycles. The second-order valence-electron chi connectivity index (χ2n) is 5.30. The van der Waals surface area contributed by atoms with Crippen molar-refractivity contribution in [2.45, 2.75) is 27.3 Å². The van der Waals surface area contributed by atoms with Crippen LogP contribution in [0.5, 0.6) is 0 Å². The van der Waals surface area contributed by atoms with E-state index in [2.05, 4.69) is 24.1 Å². The van der Waals surface area contributed by atoms with E-state index in [0.29, 0.717) is 24.6 Å². The first kappa shape index (κ1) is 16.0. The van der Waals surface area contributed by atoms with Crippen molar-refractivity contribution in [3.63, 3.8) is 0 Å². The smallest absolute Gasteiger partial charge is 0.139 e. The van der Waals surface area contributed by atoms with Crippen molar-refractivity contribution in [2.24, 2.45) is 5.92 Å². The van der Waals surface area contributed by atoms with Gasteiger partial charge in [-0.2, -0.15) is 0 Å². The van der Waals surface area contributed by atoms with Crippen molar-refractivity contribution >= 4 is 11.3 Å². The maximum Gasteiger partial charge on any atom is 0.139 e. The number of hydrogen-bond acceptors (Lipinski definition) is 3. The van der Waals surface area contributed by atoms with Crippen LogP contribution < -0.4 is 5.32 Å². The van der Waals surface area contributed by atoms with E-state index in [1.54, 1.807) is 6.92 Å². The summed E-state index contributed by atoms with van der Waals surface area (Å²) in [5, 5.41) is 3.51. The minimum atomic E-state index is -0.930. The van der Waals surface area contributed by atoms with Crippen molar-refractivity contribution in [2.75, 3.05) is 6.54 Å². The van der Waals surface area contributed by atoms with E-state index in [4.69, 9.17) is 0 Å². The van der Waals surface area contributed by atoms with Gasteiger partial charge >= 0.3 is 0 Å². The minimum Gasteiger partial charge on any atom is -0.312 e. The molecule has 0 aliphatic heterocycles. The highest BCUT2D eigenvalue weighted by Gasteiger charge is 2.18. The molecule has 0 unspecified atom stereocenters. The van der Waals surface area contributed by atoms with E-state index in [-0.39, 0.29) is 10.6 Å². The Bertz CT molecular complexity index is 615. The fourth-order valence-corrected chi connectivity index (χ4v) is 3.00. The maximum atomic E-state index is 13.8. The number of hydrogen-bond donors (Lipinski definition) is 1. The first-order chi connectivity index (χ1) is 9.88. The van der Waals surface area contributed by atoms with E-state index in [1.165, 1.54) is 11.3 Å². The first-order valence-corrected chi connectivity index (χ1v) is 7.52. The molecule has 0 saturated heterocycles. The van der Waals surface area contributed by atoms with Gasteiger partial charge < -0.3 is 5.32 Å². The van der Waals surface area contributed by atoms with Crippen LogP contribution in [0, 0.1) is 30.3 Å². The number of nitrogens with one attached hydrogen (secondary N) is 1. The molecule has 0 saturated carbocycles. The van der Waals surface area contributed by atoms with Gasteiger partial charge in [0.1, 0.15) is 22.5 Å². The Morgan fingerprint density at radius 3 is 2.38 bits per heavy atom. The zero-order valence-electron chi connectivity index (χ0n) is 12.1. The molecule has 0 aliphatic rings. The molecule has 114 valence electrons. The molecule has 0 fully saturated rings. The molecule has 21 heavy (non-hydrogen) atoms. The fraction of sp³-hybridized carbons (Fsp3) is 0.400. The van der Waals surface area contributed by atoms with Crippen LogP contribution in [0.3, 0.4) is 0 Å². The van der Waals surface area contributed by atoms with Crippen molar-refractivity contribution in [3.05, 3.63) is 40.2 Å². The zero-order chi connectivity index (χ0) is 15.6. The summed E-state index contributed by atoms with van der Waals surface area (Å²) in [6.45, 7) is 7.45. The molecule has 0 bridgehead atoms. The standard InChI is InChI=1S/C15H17F3N2S/c1-8(2)6-19-7-13-9(3)20-15(21-13)14-11(17)4-10(16)5-12(14)18/h4-5,8,19H,6-7H2,1-3H3. The maximum absolute atomic E-state index is 13.8. The number of thiazole rings is 1. The Balaban J connectivity index is 2.26. The van der Waals surface area contributed by atoms with Crippen LogP contribution in [0.2, 0.25) is 0 Å². The molecule has 6 heteroatoms. The Labute approximate surface area is 126 Å². The predicted molar refractivity (Wildman–Crippen MR) is 78.7 cm³/mol. The molecule has 1 aromatic carbocycles. The summed E-state index contributed by atoms with van der Waals surface area (Å²) in [4.78, 5) is 5.13. The third-order valence-electron chi connectivity index (χ3n) is 2.95. The van der Waals surface area contributed by atoms with E-state index in [0.717, 1.165) is 17.1 Å². The SMILES string of the molecule is Cc1nc(-c2c(F)cc(F)cc2F)sc1CNCC(C)C. The molecule has 2 rings (SSSR count). The average molecular weight is 314 g/mol. The molecule has 1 heterocycles. The van der Waals surface area contributed by atoms with Crippen LogP contribution in [0.15, 0.2) is 12.1 Å². The Hall–Kier alpha value is -1.40. The van der Waals surface area contributed by atoms with Gasteiger partial charge in [-0.1, -0.05) is 13.8 Å². The molecular weight excluding hydrogens is 297 g/mol. The van der Waals surface area contributed by atoms with Crippen LogP contribution in [-0.2, 0) is 6.54 Å². The second-order valence-corrected chi connectivity index (χ2v) is 6.38. The number of rotatable bonds is 5. The van der Waals surface area contributed by atoms with Crippen LogP contribution in [0.1, 0.15) is 24.4 Å². The third kappa shape index (κ3) is 3.83. The van der Waals surface area contributed by atoms with Crippen LogP contribution >= 0.6 is 11.3 Å². The summed E-state index contributed by atoms with van der Waals surface area (Å²) in [6.07, 6.45) is 0. The first-order valence-electron chi connectivity index (χ1n) is 6.70. The van der Waals surface area contributed by atoms with Gasteiger partial charge in [0, 0.05) is 23.6 Å². The van der Waals surface area contributed by atoms with Crippen LogP contribution in [0.4, 0.5) is 13.2 Å². The van der Waals surface area contributed by atoms with Crippen molar-refractivity contribution < 1.29 is 13.2 Å². The van der Waals surface area contributed by atoms with Gasteiger partial charge in [-0.25, -0.2) is 18.2 Å². The molecule has 0 spiro atoms. The summed E-state index contributed by atoms with van der Waals surface area (Å²) < 4.78 is 40.5. The van der Waals surface area contributed by atoms with Gasteiger partial charge in [-0.3, -0.25) is 0 Å². The third-order valence-corrected chi connectivity index (χ3v) is 4.13. The lowest BCUT2D eigenvalue weighted by atomic mass is 10.2. The van der Waals surface area contributed by atoms with Gasteiger partial charge in [0.25, 0.3) is 0 Å². The number of nitrogens with zero attached hydrogens (tertiary/aromatic N) is 1. The summed E-state index contributed by atoms with van der Waals surface area (Å²) in [7, 11) is 0. The lowest BCUT2D eigenvalue weighted by molar-refractivity contribution is 0.548.